The summed E-state index contributed by atoms with van der Waals surface area (Å²) in [5.41, 5.74) is 3.99. The summed E-state index contributed by atoms with van der Waals surface area (Å²) in [6.45, 7) is 5.44. The molecule has 3 aromatic heterocycles. The maximum atomic E-state index is 13.4. The van der Waals surface area contributed by atoms with Gasteiger partial charge in [0.25, 0.3) is 5.91 Å². The van der Waals surface area contributed by atoms with Gasteiger partial charge in [-0.05, 0) is 54.7 Å². The number of nitrogens with zero attached hydrogens (tertiary/aromatic N) is 5. The van der Waals surface area contributed by atoms with Gasteiger partial charge in [0.1, 0.15) is 23.6 Å². The third-order valence-electron chi connectivity index (χ3n) is 5.97. The quantitative estimate of drug-likeness (QED) is 0.474. The topological polar surface area (TPSA) is 94.8 Å². The molecular weight excluding hydrogens is 428 g/mol. The van der Waals surface area contributed by atoms with Crippen LogP contribution in [-0.4, -0.2) is 37.2 Å². The van der Waals surface area contributed by atoms with Gasteiger partial charge in [-0.1, -0.05) is 32.0 Å². The van der Waals surface area contributed by atoms with Gasteiger partial charge in [0.2, 0.25) is 0 Å². The number of hydrogen-bond donors (Lipinski definition) is 1. The molecule has 1 aliphatic heterocycles. The molecule has 0 saturated heterocycles. The molecule has 5 rings (SSSR count). The first kappa shape index (κ1) is 21.8. The molecule has 34 heavy (non-hydrogen) atoms. The van der Waals surface area contributed by atoms with Gasteiger partial charge in [-0.2, -0.15) is 0 Å². The summed E-state index contributed by atoms with van der Waals surface area (Å²) in [4.78, 5) is 22.5. The maximum absolute atomic E-state index is 13.4. The minimum Gasteiger partial charge on any atom is -0.492 e. The number of rotatable bonds is 2. The lowest BCUT2D eigenvalue weighted by Crippen LogP contribution is -2.18. The number of carbonyl (C=O) groups is 1. The van der Waals surface area contributed by atoms with Crippen molar-refractivity contribution in [2.45, 2.75) is 33.2 Å². The molecule has 1 aromatic carbocycles. The lowest BCUT2D eigenvalue weighted by Gasteiger charge is -2.18. The van der Waals surface area contributed by atoms with Crippen molar-refractivity contribution in [2.75, 3.05) is 11.9 Å². The largest absolute Gasteiger partial charge is 0.492 e. The number of amides is 1. The Balaban J connectivity index is 1.54. The van der Waals surface area contributed by atoms with E-state index in [1.807, 2.05) is 53.2 Å². The smallest absolute Gasteiger partial charge is 0.260 e. The van der Waals surface area contributed by atoms with Gasteiger partial charge < -0.3 is 14.6 Å². The Hall–Kier alpha value is -4.07. The number of aryl methyl sites for hydroxylation is 2. The van der Waals surface area contributed by atoms with E-state index in [1.54, 1.807) is 12.4 Å². The highest BCUT2D eigenvalue weighted by atomic mass is 16.5. The first-order chi connectivity index (χ1) is 16.6. The van der Waals surface area contributed by atoms with Crippen LogP contribution in [0.3, 0.4) is 0 Å². The van der Waals surface area contributed by atoms with Gasteiger partial charge in [0.15, 0.2) is 5.82 Å². The third kappa shape index (κ3) is 4.52. The first-order valence-corrected chi connectivity index (χ1v) is 11.5. The van der Waals surface area contributed by atoms with Crippen LogP contribution >= 0.6 is 0 Å². The summed E-state index contributed by atoms with van der Waals surface area (Å²) in [6, 6.07) is 15.2. The second-order valence-corrected chi connectivity index (χ2v) is 8.52. The van der Waals surface area contributed by atoms with E-state index in [0.717, 1.165) is 36.2 Å². The molecule has 8 nitrogen and oxygen atoms in total. The first-order valence-electron chi connectivity index (χ1n) is 11.5. The Morgan fingerprint density at radius 1 is 1.15 bits per heavy atom. The average molecular weight is 455 g/mol. The van der Waals surface area contributed by atoms with Crippen molar-refractivity contribution in [3.8, 4) is 28.4 Å². The number of benzene rings is 1. The van der Waals surface area contributed by atoms with Crippen molar-refractivity contribution in [1.29, 1.82) is 0 Å². The number of ether oxygens (including phenoxy) is 1. The van der Waals surface area contributed by atoms with E-state index in [2.05, 4.69) is 39.3 Å². The van der Waals surface area contributed by atoms with Crippen molar-refractivity contribution in [1.82, 2.24) is 24.7 Å². The van der Waals surface area contributed by atoms with Gasteiger partial charge in [-0.15, -0.1) is 10.2 Å². The standard InChI is InChI=1S/C26H26N6O2/c1-3-20-9-7-19(14-27-20)18-8-10-23-21(13-18)26(33)30-24-6-4-5-22(29-24)25-31-28-16-32(25)12-11-17(2)15-34-23/h4-10,13-14,16-17H,3,11-12,15H2,1-2H3,(H,29,30,33)/t17-/m1/s1. The predicted octanol–water partition coefficient (Wildman–Crippen LogP) is 4.64. The third-order valence-corrected chi connectivity index (χ3v) is 5.97. The summed E-state index contributed by atoms with van der Waals surface area (Å²) >= 11 is 0. The zero-order valence-electron chi connectivity index (χ0n) is 19.2. The van der Waals surface area contributed by atoms with Crippen LogP contribution in [-0.2, 0) is 13.0 Å². The number of fused-ring (bicyclic) bond motifs is 5. The van der Waals surface area contributed by atoms with Crippen molar-refractivity contribution in [2.24, 2.45) is 5.92 Å². The Kier molecular flexibility index (Phi) is 6.03. The molecule has 1 amide bonds. The molecule has 172 valence electrons. The second kappa shape index (κ2) is 9.43. The minimum atomic E-state index is -0.286. The Labute approximate surface area is 198 Å². The van der Waals surface area contributed by atoms with Crippen molar-refractivity contribution < 1.29 is 9.53 Å². The van der Waals surface area contributed by atoms with Crippen LogP contribution in [0, 0.1) is 5.92 Å². The van der Waals surface area contributed by atoms with Crippen LogP contribution < -0.4 is 10.1 Å². The van der Waals surface area contributed by atoms with Gasteiger partial charge in [-0.25, -0.2) is 4.98 Å². The summed E-state index contributed by atoms with van der Waals surface area (Å²) in [6.07, 6.45) is 5.30. The molecule has 0 fully saturated rings. The van der Waals surface area contributed by atoms with E-state index in [1.165, 1.54) is 0 Å². The number of carbonyl (C=O) groups excluding carboxylic acids is 1. The summed E-state index contributed by atoms with van der Waals surface area (Å²) < 4.78 is 8.11. The summed E-state index contributed by atoms with van der Waals surface area (Å²) in [5, 5.41) is 11.2. The van der Waals surface area contributed by atoms with E-state index < -0.39 is 0 Å². The van der Waals surface area contributed by atoms with Gasteiger partial charge in [0.05, 0.1) is 12.2 Å². The highest BCUT2D eigenvalue weighted by Crippen LogP contribution is 2.29. The lowest BCUT2D eigenvalue weighted by molar-refractivity contribution is 0.102. The zero-order chi connectivity index (χ0) is 23.5. The molecule has 0 saturated carbocycles. The monoisotopic (exact) mass is 454 g/mol. The van der Waals surface area contributed by atoms with Crippen molar-refractivity contribution in [3.63, 3.8) is 0 Å². The predicted molar refractivity (Wildman–Crippen MR) is 130 cm³/mol. The molecule has 4 aromatic rings. The van der Waals surface area contributed by atoms with Gasteiger partial charge in [-0.3, -0.25) is 9.78 Å². The molecule has 1 atom stereocenters. The van der Waals surface area contributed by atoms with Crippen LogP contribution in [0.4, 0.5) is 5.82 Å². The second-order valence-electron chi connectivity index (χ2n) is 8.52. The minimum absolute atomic E-state index is 0.263. The van der Waals surface area contributed by atoms with E-state index in [0.29, 0.717) is 35.3 Å². The summed E-state index contributed by atoms with van der Waals surface area (Å²) in [5.74, 6) is 1.63. The van der Waals surface area contributed by atoms with Crippen LogP contribution in [0.25, 0.3) is 22.6 Å². The Bertz CT molecular complexity index is 1320. The molecular formula is C26H26N6O2. The molecule has 4 heterocycles. The Morgan fingerprint density at radius 3 is 2.85 bits per heavy atom. The summed E-state index contributed by atoms with van der Waals surface area (Å²) in [7, 11) is 0. The fourth-order valence-electron chi connectivity index (χ4n) is 3.92. The molecule has 1 aliphatic rings. The molecule has 2 bridgehead atoms. The number of anilines is 1. The highest BCUT2D eigenvalue weighted by molar-refractivity contribution is 6.06. The van der Waals surface area contributed by atoms with Crippen molar-refractivity contribution in [3.05, 3.63) is 72.3 Å². The van der Waals surface area contributed by atoms with E-state index in [4.69, 9.17) is 4.74 Å². The zero-order valence-corrected chi connectivity index (χ0v) is 19.2. The maximum Gasteiger partial charge on any atom is 0.260 e. The van der Waals surface area contributed by atoms with Gasteiger partial charge in [0, 0.05) is 24.0 Å². The lowest BCUT2D eigenvalue weighted by atomic mass is 10.0. The number of pyridine rings is 2. The molecule has 1 N–H and O–H groups in total. The van der Waals surface area contributed by atoms with E-state index in [-0.39, 0.29) is 11.8 Å². The molecule has 0 unspecified atom stereocenters. The van der Waals surface area contributed by atoms with E-state index >= 15 is 0 Å². The van der Waals surface area contributed by atoms with Crippen molar-refractivity contribution >= 4 is 11.7 Å². The van der Waals surface area contributed by atoms with E-state index in [9.17, 15) is 4.79 Å². The molecule has 0 radical (unpaired) electrons. The highest BCUT2D eigenvalue weighted by Gasteiger charge is 2.18. The SMILES string of the molecule is CCc1ccc(-c2ccc3c(c2)C(=O)Nc2cccc(n2)-c2nncn2CC[C@@H](C)CO3)cn1. The normalized spacial score (nSPS) is 15.9. The fraction of sp³-hybridized carbons (Fsp3) is 0.269. The number of hydrogen-bond acceptors (Lipinski definition) is 6. The van der Waals surface area contributed by atoms with Gasteiger partial charge >= 0.3 is 0 Å². The van der Waals surface area contributed by atoms with Crippen LogP contribution in [0.1, 0.15) is 36.3 Å². The molecule has 0 spiro atoms. The molecule has 0 aliphatic carbocycles. The number of nitrogens with one attached hydrogen (secondary N) is 1. The fourth-order valence-corrected chi connectivity index (χ4v) is 3.92. The molecule has 8 heteroatoms. The number of aromatic nitrogens is 5. The van der Waals surface area contributed by atoms with Crippen LogP contribution in [0.2, 0.25) is 0 Å². The van der Waals surface area contributed by atoms with Crippen LogP contribution in [0.5, 0.6) is 5.75 Å². The average Bonchev–Trinajstić information content (AvgIpc) is 3.34. The van der Waals surface area contributed by atoms with Crippen LogP contribution in [0.15, 0.2) is 61.1 Å². The Morgan fingerprint density at radius 2 is 2.03 bits per heavy atom.